The monoisotopic (exact) mass is 585 g/mol. The largest absolute Gasteiger partial charge is 0.340 e. The van der Waals surface area contributed by atoms with E-state index in [1.54, 1.807) is 0 Å². The molecule has 1 saturated heterocycles. The van der Waals surface area contributed by atoms with Gasteiger partial charge in [0.25, 0.3) is 0 Å². The summed E-state index contributed by atoms with van der Waals surface area (Å²) in [6, 6.07) is 35.4. The lowest BCUT2D eigenvalue weighted by atomic mass is 9.96. The smallest absolute Gasteiger partial charge is 0.243 e. The molecule has 1 aliphatic rings. The number of sulfonamides is 1. The summed E-state index contributed by atoms with van der Waals surface area (Å²) in [5, 5.41) is 0. The molecule has 4 aromatic carbocycles. The molecule has 4 aromatic rings. The molecule has 0 bridgehead atoms. The number of rotatable bonds is 11. The van der Waals surface area contributed by atoms with Gasteiger partial charge in [-0.1, -0.05) is 91.0 Å². The van der Waals surface area contributed by atoms with Crippen molar-refractivity contribution in [1.82, 2.24) is 14.1 Å². The van der Waals surface area contributed by atoms with Crippen molar-refractivity contribution in [3.63, 3.8) is 0 Å². The average molecular weight is 586 g/mol. The maximum absolute atomic E-state index is 13.5. The van der Waals surface area contributed by atoms with Crippen LogP contribution in [0.3, 0.4) is 0 Å². The lowest BCUT2D eigenvalue weighted by molar-refractivity contribution is -0.133. The number of piperazine rings is 1. The molecule has 0 aromatic heterocycles. The minimum Gasteiger partial charge on any atom is -0.340 e. The molecular formula is C34H36FN3O3S. The van der Waals surface area contributed by atoms with Crippen molar-refractivity contribution in [2.24, 2.45) is 0 Å². The lowest BCUT2D eigenvalue weighted by Gasteiger charge is -2.40. The van der Waals surface area contributed by atoms with Gasteiger partial charge in [0, 0.05) is 45.7 Å². The van der Waals surface area contributed by atoms with Crippen LogP contribution in [0, 0.1) is 5.82 Å². The van der Waals surface area contributed by atoms with Gasteiger partial charge in [0.05, 0.1) is 10.9 Å². The van der Waals surface area contributed by atoms with E-state index >= 15 is 0 Å². The van der Waals surface area contributed by atoms with Crippen molar-refractivity contribution in [3.8, 4) is 0 Å². The Bertz CT molecular complexity index is 1490. The molecule has 0 radical (unpaired) electrons. The maximum atomic E-state index is 13.5. The van der Waals surface area contributed by atoms with E-state index in [-0.39, 0.29) is 36.4 Å². The second-order valence-corrected chi connectivity index (χ2v) is 12.4. The van der Waals surface area contributed by atoms with Crippen molar-refractivity contribution in [1.29, 1.82) is 0 Å². The van der Waals surface area contributed by atoms with Gasteiger partial charge in [-0.15, -0.1) is 0 Å². The van der Waals surface area contributed by atoms with E-state index in [1.165, 1.54) is 27.6 Å². The third-order valence-corrected chi connectivity index (χ3v) is 9.69. The van der Waals surface area contributed by atoms with Gasteiger partial charge in [0.2, 0.25) is 15.9 Å². The Morgan fingerprint density at radius 2 is 1.24 bits per heavy atom. The average Bonchev–Trinajstić information content (AvgIpc) is 3.03. The van der Waals surface area contributed by atoms with Crippen LogP contribution in [0.5, 0.6) is 0 Å². The fourth-order valence-electron chi connectivity index (χ4n) is 5.50. The van der Waals surface area contributed by atoms with Crippen LogP contribution in [0.1, 0.15) is 29.2 Å². The van der Waals surface area contributed by atoms with Crippen LogP contribution in [0.2, 0.25) is 0 Å². The van der Waals surface area contributed by atoms with Crippen molar-refractivity contribution in [3.05, 3.63) is 138 Å². The molecule has 1 amide bonds. The van der Waals surface area contributed by atoms with Gasteiger partial charge < -0.3 is 4.90 Å². The molecule has 0 spiro atoms. The fraction of sp³-hybridized carbons (Fsp3) is 0.265. The van der Waals surface area contributed by atoms with Crippen molar-refractivity contribution in [2.45, 2.75) is 23.8 Å². The van der Waals surface area contributed by atoms with Gasteiger partial charge in [-0.05, 0) is 47.4 Å². The molecule has 0 aliphatic carbocycles. The highest BCUT2D eigenvalue weighted by molar-refractivity contribution is 7.89. The van der Waals surface area contributed by atoms with E-state index in [0.717, 1.165) is 17.7 Å². The van der Waals surface area contributed by atoms with E-state index in [0.29, 0.717) is 32.6 Å². The lowest BCUT2D eigenvalue weighted by Crippen LogP contribution is -2.50. The second-order valence-electron chi connectivity index (χ2n) is 10.5. The molecule has 1 fully saturated rings. The third kappa shape index (κ3) is 7.31. The summed E-state index contributed by atoms with van der Waals surface area (Å²) in [4.78, 5) is 17.6. The molecule has 5 rings (SSSR count). The number of nitrogens with zero attached hydrogens (tertiary/aromatic N) is 3. The highest BCUT2D eigenvalue weighted by Gasteiger charge is 2.30. The first-order valence-electron chi connectivity index (χ1n) is 14.3. The van der Waals surface area contributed by atoms with Gasteiger partial charge in [0.15, 0.2) is 0 Å². The summed E-state index contributed by atoms with van der Waals surface area (Å²) >= 11 is 0. The molecule has 0 N–H and O–H groups in total. The predicted octanol–water partition coefficient (Wildman–Crippen LogP) is 5.38. The van der Waals surface area contributed by atoms with Crippen LogP contribution < -0.4 is 0 Å². The zero-order valence-electron chi connectivity index (χ0n) is 23.6. The Morgan fingerprint density at radius 3 is 1.79 bits per heavy atom. The van der Waals surface area contributed by atoms with Crippen LogP contribution in [0.15, 0.2) is 120 Å². The fourth-order valence-corrected chi connectivity index (χ4v) is 6.94. The molecule has 1 heterocycles. The molecule has 6 nitrogen and oxygen atoms in total. The number of hydrogen-bond acceptors (Lipinski definition) is 4. The molecule has 8 heteroatoms. The first kappa shape index (κ1) is 29.6. The number of amides is 1. The zero-order chi connectivity index (χ0) is 29.4. The van der Waals surface area contributed by atoms with Crippen molar-refractivity contribution >= 4 is 15.9 Å². The summed E-state index contributed by atoms with van der Waals surface area (Å²) in [7, 11) is -3.91. The SMILES string of the molecule is O=C(CCN(CCc1ccccc1)S(=O)(=O)c1ccc(F)cc1)N1CCN(C(c2ccccc2)c2ccccc2)CC1. The van der Waals surface area contributed by atoms with E-state index in [2.05, 4.69) is 53.4 Å². The standard InChI is InChI=1S/C34H36FN3O3S/c35-31-16-18-32(19-17-31)42(40,41)38(22-20-28-10-4-1-5-11-28)23-21-33(39)36-24-26-37(27-25-36)34(29-12-6-2-7-13-29)30-14-8-3-9-15-30/h1-19,34H,20-27H2. The maximum Gasteiger partial charge on any atom is 0.243 e. The summed E-state index contributed by atoms with van der Waals surface area (Å²) in [6.45, 7) is 2.86. The second kappa shape index (κ2) is 13.9. The van der Waals surface area contributed by atoms with Crippen LogP contribution in [0.25, 0.3) is 0 Å². The highest BCUT2D eigenvalue weighted by atomic mass is 32.2. The Kier molecular flexibility index (Phi) is 9.79. The zero-order valence-corrected chi connectivity index (χ0v) is 24.4. The van der Waals surface area contributed by atoms with E-state index < -0.39 is 15.8 Å². The van der Waals surface area contributed by atoms with Gasteiger partial charge in [0.1, 0.15) is 5.82 Å². The van der Waals surface area contributed by atoms with Gasteiger partial charge in [-0.25, -0.2) is 12.8 Å². The minimum atomic E-state index is -3.91. The van der Waals surface area contributed by atoms with Crippen LogP contribution in [-0.2, 0) is 21.2 Å². The van der Waals surface area contributed by atoms with Crippen LogP contribution >= 0.6 is 0 Å². The Balaban J connectivity index is 1.24. The van der Waals surface area contributed by atoms with E-state index in [1.807, 2.05) is 47.4 Å². The molecule has 218 valence electrons. The quantitative estimate of drug-likeness (QED) is 0.237. The van der Waals surface area contributed by atoms with E-state index in [4.69, 9.17) is 0 Å². The third-order valence-electron chi connectivity index (χ3n) is 7.78. The van der Waals surface area contributed by atoms with Crippen LogP contribution in [0.4, 0.5) is 4.39 Å². The minimum absolute atomic E-state index is 0.0193. The predicted molar refractivity (Wildman–Crippen MR) is 163 cm³/mol. The normalized spacial score (nSPS) is 14.4. The van der Waals surface area contributed by atoms with Crippen LogP contribution in [-0.4, -0.2) is 67.7 Å². The Labute approximate surface area is 248 Å². The molecule has 42 heavy (non-hydrogen) atoms. The van der Waals surface area contributed by atoms with Crippen molar-refractivity contribution < 1.29 is 17.6 Å². The van der Waals surface area contributed by atoms with E-state index in [9.17, 15) is 17.6 Å². The van der Waals surface area contributed by atoms with Gasteiger partial charge in [-0.3, -0.25) is 9.69 Å². The number of carbonyl (C=O) groups is 1. The van der Waals surface area contributed by atoms with Gasteiger partial charge in [-0.2, -0.15) is 4.31 Å². The first-order valence-corrected chi connectivity index (χ1v) is 15.8. The first-order chi connectivity index (χ1) is 20.4. The summed E-state index contributed by atoms with van der Waals surface area (Å²) in [5.74, 6) is -0.564. The van der Waals surface area contributed by atoms with Gasteiger partial charge >= 0.3 is 0 Å². The number of hydrogen-bond donors (Lipinski definition) is 0. The number of halogens is 1. The molecule has 0 saturated carbocycles. The summed E-state index contributed by atoms with van der Waals surface area (Å²) < 4.78 is 41.9. The topological polar surface area (TPSA) is 60.9 Å². The number of benzene rings is 4. The molecule has 0 atom stereocenters. The summed E-state index contributed by atoms with van der Waals surface area (Å²) in [6.07, 6.45) is 0.588. The highest BCUT2D eigenvalue weighted by Crippen LogP contribution is 2.29. The number of carbonyl (C=O) groups excluding carboxylic acids is 1. The summed E-state index contributed by atoms with van der Waals surface area (Å²) in [5.41, 5.74) is 3.43. The molecule has 0 unspecified atom stereocenters. The Hall–Kier alpha value is -3.85. The Morgan fingerprint density at radius 1 is 0.714 bits per heavy atom. The molecular weight excluding hydrogens is 549 g/mol. The molecule has 1 aliphatic heterocycles. The van der Waals surface area contributed by atoms with Crippen molar-refractivity contribution in [2.75, 3.05) is 39.3 Å².